The molecule has 38 heavy (non-hydrogen) atoms. The van der Waals surface area contributed by atoms with Crippen LogP contribution in [0.15, 0.2) is 50.5 Å². The van der Waals surface area contributed by atoms with Gasteiger partial charge in [-0.05, 0) is 54.6 Å². The van der Waals surface area contributed by atoms with Gasteiger partial charge in [-0.25, -0.2) is 4.99 Å². The molecular formula is C28H36N8O2. The second kappa shape index (κ2) is 10.9. The topological polar surface area (TPSA) is 129 Å². The number of carbonyl (C=O) groups is 1. The lowest BCUT2D eigenvalue weighted by molar-refractivity contribution is 0.0896. The zero-order valence-corrected chi connectivity index (χ0v) is 22.4. The number of nitrogens with one attached hydrogen (secondary N) is 4. The summed E-state index contributed by atoms with van der Waals surface area (Å²) in [4.78, 5) is 22.1. The van der Waals surface area contributed by atoms with E-state index in [1.807, 2.05) is 39.3 Å². The van der Waals surface area contributed by atoms with E-state index in [0.717, 1.165) is 60.4 Å². The Labute approximate surface area is 223 Å². The smallest absolute Gasteiger partial charge is 0.309 e. The molecule has 2 unspecified atom stereocenters. The highest BCUT2D eigenvalue weighted by atomic mass is 16.4. The molecule has 0 bridgehead atoms. The lowest BCUT2D eigenvalue weighted by Crippen LogP contribution is -2.41. The van der Waals surface area contributed by atoms with Gasteiger partial charge in [0.1, 0.15) is 0 Å². The molecule has 3 aliphatic heterocycles. The molecule has 10 heteroatoms. The van der Waals surface area contributed by atoms with E-state index in [0.29, 0.717) is 11.9 Å². The van der Waals surface area contributed by atoms with Crippen molar-refractivity contribution in [3.63, 3.8) is 0 Å². The number of dihydropyridines is 1. The minimum atomic E-state index is -0.359. The number of rotatable bonds is 6. The summed E-state index contributed by atoms with van der Waals surface area (Å²) in [5, 5.41) is 21.5. The van der Waals surface area contributed by atoms with Crippen LogP contribution >= 0.6 is 0 Å². The summed E-state index contributed by atoms with van der Waals surface area (Å²) in [6.07, 6.45) is 10.3. The lowest BCUT2D eigenvalue weighted by Gasteiger charge is -2.25. The predicted molar refractivity (Wildman–Crippen MR) is 148 cm³/mol. The van der Waals surface area contributed by atoms with Crippen molar-refractivity contribution in [2.45, 2.75) is 77.3 Å². The number of aromatic nitrogens is 2. The number of allylic oxidation sites excluding steroid dienone is 2. The Hall–Kier alpha value is -3.79. The van der Waals surface area contributed by atoms with Crippen molar-refractivity contribution in [1.29, 1.82) is 0 Å². The number of carbonyl (C=O) groups excluding carboxylic acids is 1. The molecule has 0 aliphatic carbocycles. The lowest BCUT2D eigenvalue weighted by atomic mass is 9.96. The number of amides is 1. The van der Waals surface area contributed by atoms with Gasteiger partial charge in [0.05, 0.1) is 17.8 Å². The molecule has 10 nitrogen and oxygen atoms in total. The van der Waals surface area contributed by atoms with Crippen LogP contribution in [0.1, 0.15) is 86.3 Å². The van der Waals surface area contributed by atoms with Gasteiger partial charge in [0.15, 0.2) is 6.29 Å². The predicted octanol–water partition coefficient (Wildman–Crippen LogP) is 3.36. The Bertz CT molecular complexity index is 1300. The number of aliphatic imine (C=N–C) groups is 2. The third-order valence-electron chi connectivity index (χ3n) is 6.90. The summed E-state index contributed by atoms with van der Waals surface area (Å²) in [7, 11) is 0. The van der Waals surface area contributed by atoms with Crippen molar-refractivity contribution in [3.8, 4) is 0 Å². The number of benzene rings is 1. The van der Waals surface area contributed by atoms with Gasteiger partial charge < -0.3 is 25.7 Å². The van der Waals surface area contributed by atoms with Gasteiger partial charge in [0, 0.05) is 30.1 Å². The summed E-state index contributed by atoms with van der Waals surface area (Å²) in [6, 6.07) is 6.54. The van der Waals surface area contributed by atoms with Crippen LogP contribution in [0.3, 0.4) is 0 Å². The SMILES string of the molecule is CCC1CC=C(NC2N=CC=C(c3ccc4c(c3)CNCC[C@H]4NC(=O)c3nnc(C(C)(C)C)o3)N2)C=N1. The van der Waals surface area contributed by atoms with Crippen LogP contribution in [0.2, 0.25) is 0 Å². The molecule has 3 aliphatic rings. The molecule has 1 aromatic heterocycles. The van der Waals surface area contributed by atoms with Crippen LogP contribution in [0.5, 0.6) is 0 Å². The fourth-order valence-electron chi connectivity index (χ4n) is 4.66. The van der Waals surface area contributed by atoms with Crippen LogP contribution in [0, 0.1) is 0 Å². The van der Waals surface area contributed by atoms with Gasteiger partial charge in [-0.3, -0.25) is 9.79 Å². The first kappa shape index (κ1) is 25.8. The summed E-state index contributed by atoms with van der Waals surface area (Å²) < 4.78 is 5.65. The highest BCUT2D eigenvalue weighted by molar-refractivity contribution is 5.90. The Kier molecular flexibility index (Phi) is 7.42. The molecule has 2 aromatic rings. The van der Waals surface area contributed by atoms with Gasteiger partial charge in [-0.1, -0.05) is 45.9 Å². The Balaban J connectivity index is 1.28. The van der Waals surface area contributed by atoms with E-state index in [2.05, 4.69) is 72.6 Å². The highest BCUT2D eigenvalue weighted by Crippen LogP contribution is 2.28. The molecule has 3 atom stereocenters. The fraction of sp³-hybridized carbons (Fsp3) is 0.464. The van der Waals surface area contributed by atoms with E-state index in [9.17, 15) is 4.79 Å². The molecule has 4 N–H and O–H groups in total. The van der Waals surface area contributed by atoms with Crippen LogP contribution in [0.25, 0.3) is 5.70 Å². The Morgan fingerprint density at radius 2 is 2.08 bits per heavy atom. The number of nitrogens with zero attached hydrogens (tertiary/aromatic N) is 4. The van der Waals surface area contributed by atoms with E-state index in [1.54, 1.807) is 0 Å². The van der Waals surface area contributed by atoms with Gasteiger partial charge in [-0.2, -0.15) is 0 Å². The van der Waals surface area contributed by atoms with Crippen LogP contribution < -0.4 is 21.3 Å². The molecule has 0 spiro atoms. The van der Waals surface area contributed by atoms with Crippen molar-refractivity contribution in [2.75, 3.05) is 6.54 Å². The molecule has 0 fully saturated rings. The van der Waals surface area contributed by atoms with E-state index in [4.69, 9.17) is 4.42 Å². The van der Waals surface area contributed by atoms with E-state index in [-0.39, 0.29) is 29.5 Å². The number of fused-ring (bicyclic) bond motifs is 1. The van der Waals surface area contributed by atoms with Crippen molar-refractivity contribution >= 4 is 24.0 Å². The first-order valence-corrected chi connectivity index (χ1v) is 13.3. The van der Waals surface area contributed by atoms with Crippen molar-refractivity contribution < 1.29 is 9.21 Å². The third-order valence-corrected chi connectivity index (χ3v) is 6.90. The van der Waals surface area contributed by atoms with Gasteiger partial charge >= 0.3 is 11.8 Å². The zero-order chi connectivity index (χ0) is 26.7. The first-order valence-electron chi connectivity index (χ1n) is 13.3. The summed E-state index contributed by atoms with van der Waals surface area (Å²) in [6.45, 7) is 9.56. The van der Waals surface area contributed by atoms with Crippen LogP contribution in [-0.4, -0.2) is 47.4 Å². The maximum absolute atomic E-state index is 12.9. The highest BCUT2D eigenvalue weighted by Gasteiger charge is 2.27. The summed E-state index contributed by atoms with van der Waals surface area (Å²) in [5.41, 5.74) is 4.90. The number of hydrogen-bond donors (Lipinski definition) is 4. The molecular weight excluding hydrogens is 480 g/mol. The van der Waals surface area contributed by atoms with E-state index in [1.165, 1.54) is 0 Å². The molecule has 5 rings (SSSR count). The molecule has 0 radical (unpaired) electrons. The van der Waals surface area contributed by atoms with Gasteiger partial charge in [0.25, 0.3) is 0 Å². The molecule has 4 heterocycles. The van der Waals surface area contributed by atoms with Crippen LogP contribution in [0.4, 0.5) is 0 Å². The summed E-state index contributed by atoms with van der Waals surface area (Å²) in [5.74, 6) is 0.0718. The molecule has 200 valence electrons. The minimum Gasteiger partial charge on any atom is -0.416 e. The largest absolute Gasteiger partial charge is 0.416 e. The van der Waals surface area contributed by atoms with E-state index < -0.39 is 0 Å². The van der Waals surface area contributed by atoms with Gasteiger partial charge in [0.2, 0.25) is 5.89 Å². The molecule has 1 aromatic carbocycles. The Morgan fingerprint density at radius 3 is 2.82 bits per heavy atom. The van der Waals surface area contributed by atoms with Crippen molar-refractivity contribution in [1.82, 2.24) is 31.5 Å². The second-order valence-electron chi connectivity index (χ2n) is 10.9. The summed E-state index contributed by atoms with van der Waals surface area (Å²) >= 11 is 0. The van der Waals surface area contributed by atoms with Crippen molar-refractivity contribution in [2.24, 2.45) is 9.98 Å². The van der Waals surface area contributed by atoms with Gasteiger partial charge in [-0.15, -0.1) is 10.2 Å². The normalized spacial score (nSPS) is 23.0. The monoisotopic (exact) mass is 516 g/mol. The third kappa shape index (κ3) is 5.85. The maximum atomic E-state index is 12.9. The standard InChI is InChI=1S/C28H36N8O2/c1-5-19-7-8-20(16-31-19)32-27-30-13-11-22(34-27)17-6-9-21-18(14-17)15-29-12-10-23(21)33-24(37)25-35-36-26(38-25)28(2,3)4/h6,8-9,11,13-14,16,19,23,27,29,32,34H,5,7,10,12,15H2,1-4H3,(H,33,37)/t19?,23-,27?/m1/s1. The number of hydrogen-bond acceptors (Lipinski definition) is 9. The Morgan fingerprint density at radius 1 is 1.21 bits per heavy atom. The fourth-order valence-corrected chi connectivity index (χ4v) is 4.66. The second-order valence-corrected chi connectivity index (χ2v) is 10.9. The molecule has 0 saturated carbocycles. The minimum absolute atomic E-state index is 0.0111. The van der Waals surface area contributed by atoms with E-state index >= 15 is 0 Å². The average molecular weight is 517 g/mol. The maximum Gasteiger partial charge on any atom is 0.309 e. The molecule has 1 amide bonds. The van der Waals surface area contributed by atoms with Crippen LogP contribution in [-0.2, 0) is 12.0 Å². The van der Waals surface area contributed by atoms with Crippen molar-refractivity contribution in [3.05, 3.63) is 64.5 Å². The quantitative estimate of drug-likeness (QED) is 0.463. The molecule has 0 saturated heterocycles. The zero-order valence-electron chi connectivity index (χ0n) is 22.4. The first-order chi connectivity index (χ1) is 18.3. The average Bonchev–Trinajstić information content (AvgIpc) is 3.35.